The summed E-state index contributed by atoms with van der Waals surface area (Å²) in [6.45, 7) is 3.23. The second-order valence-electron chi connectivity index (χ2n) is 5.24. The van der Waals surface area contributed by atoms with Crippen molar-refractivity contribution in [3.63, 3.8) is 0 Å². The minimum absolute atomic E-state index is 0.0252. The lowest BCUT2D eigenvalue weighted by Crippen LogP contribution is -2.41. The van der Waals surface area contributed by atoms with Crippen LogP contribution in [-0.4, -0.2) is 41.8 Å². The Hall–Kier alpha value is -1.75. The molecule has 2 amide bonds. The number of urea groups is 1. The van der Waals surface area contributed by atoms with Crippen molar-refractivity contribution < 1.29 is 14.6 Å². The van der Waals surface area contributed by atoms with Gasteiger partial charge in [-0.3, -0.25) is 0 Å². The summed E-state index contributed by atoms with van der Waals surface area (Å²) < 4.78 is 5.94. The third-order valence-corrected chi connectivity index (χ3v) is 3.79. The first-order chi connectivity index (χ1) is 10.2. The number of amides is 2. The Bertz CT molecular complexity index is 461. The van der Waals surface area contributed by atoms with Gasteiger partial charge in [0, 0.05) is 25.2 Å². The lowest BCUT2D eigenvalue weighted by atomic mass is 9.96. The van der Waals surface area contributed by atoms with E-state index in [4.69, 9.17) is 9.84 Å². The van der Waals surface area contributed by atoms with Gasteiger partial charge in [0.1, 0.15) is 5.75 Å². The van der Waals surface area contributed by atoms with E-state index in [2.05, 4.69) is 5.32 Å². The summed E-state index contributed by atoms with van der Waals surface area (Å²) in [7, 11) is 0. The lowest BCUT2D eigenvalue weighted by molar-refractivity contribution is 0.119. The van der Waals surface area contributed by atoms with E-state index in [0.717, 1.165) is 24.2 Å². The number of rotatable bonds is 7. The summed E-state index contributed by atoms with van der Waals surface area (Å²) in [5.74, 6) is 0.854. The van der Waals surface area contributed by atoms with Crippen LogP contribution in [0, 0.1) is 0 Å². The van der Waals surface area contributed by atoms with Crippen LogP contribution >= 0.6 is 0 Å². The number of hydrogen-bond donors (Lipinski definition) is 2. The Kier molecular flexibility index (Phi) is 5.87. The van der Waals surface area contributed by atoms with Crippen LogP contribution in [-0.2, 0) is 6.54 Å². The van der Waals surface area contributed by atoms with Crippen molar-refractivity contribution in [1.82, 2.24) is 10.2 Å². The predicted molar refractivity (Wildman–Crippen MR) is 81.3 cm³/mol. The molecule has 0 aromatic heterocycles. The van der Waals surface area contributed by atoms with Crippen molar-refractivity contribution in [2.45, 2.75) is 38.8 Å². The van der Waals surface area contributed by atoms with Gasteiger partial charge in [0.2, 0.25) is 0 Å². The van der Waals surface area contributed by atoms with Gasteiger partial charge in [-0.05, 0) is 32.3 Å². The van der Waals surface area contributed by atoms with E-state index in [1.54, 1.807) is 4.90 Å². The Morgan fingerprint density at radius 1 is 1.43 bits per heavy atom. The predicted octanol–water partition coefficient (Wildman–Crippen LogP) is 2.14. The number of hydrogen-bond acceptors (Lipinski definition) is 3. The molecule has 5 nitrogen and oxygen atoms in total. The van der Waals surface area contributed by atoms with Gasteiger partial charge in [-0.25, -0.2) is 4.79 Å². The molecule has 0 heterocycles. The van der Waals surface area contributed by atoms with Crippen LogP contribution in [0.25, 0.3) is 0 Å². The highest BCUT2D eigenvalue weighted by Crippen LogP contribution is 2.27. The van der Waals surface area contributed by atoms with Gasteiger partial charge in [-0.2, -0.15) is 0 Å². The fraction of sp³-hybridized carbons (Fsp3) is 0.562. The number of aliphatic hydroxyl groups excluding tert-OH is 1. The average Bonchev–Trinajstić information content (AvgIpc) is 2.47. The summed E-state index contributed by atoms with van der Waals surface area (Å²) in [5.41, 5.74) is 0.984. The molecule has 1 aliphatic rings. The molecular weight excluding hydrogens is 268 g/mol. The molecular formula is C16H24N2O3. The Labute approximate surface area is 125 Å². The van der Waals surface area contributed by atoms with Crippen molar-refractivity contribution in [2.75, 3.05) is 19.7 Å². The monoisotopic (exact) mass is 292 g/mol. The van der Waals surface area contributed by atoms with Crippen molar-refractivity contribution in [1.29, 1.82) is 0 Å². The maximum atomic E-state index is 12.0. The number of nitrogens with one attached hydrogen (secondary N) is 1. The highest BCUT2D eigenvalue weighted by molar-refractivity contribution is 5.74. The Morgan fingerprint density at radius 3 is 2.81 bits per heavy atom. The number of nitrogens with zero attached hydrogens (tertiary/aromatic N) is 1. The zero-order valence-corrected chi connectivity index (χ0v) is 12.5. The van der Waals surface area contributed by atoms with E-state index < -0.39 is 0 Å². The molecule has 0 radical (unpaired) electrons. The van der Waals surface area contributed by atoms with Crippen LogP contribution in [0.2, 0.25) is 0 Å². The standard InChI is InChI=1S/C16H24N2O3/c1-2-18(10-11-19)16(20)17-12-13-6-3-4-9-15(13)21-14-7-5-8-14/h3-4,6,9,14,19H,2,5,7-8,10-12H2,1H3,(H,17,20). The highest BCUT2D eigenvalue weighted by atomic mass is 16.5. The van der Waals surface area contributed by atoms with Gasteiger partial charge in [0.15, 0.2) is 0 Å². The number of benzene rings is 1. The second-order valence-corrected chi connectivity index (χ2v) is 5.24. The SMILES string of the molecule is CCN(CCO)C(=O)NCc1ccccc1OC1CCC1. The van der Waals surface area contributed by atoms with E-state index in [1.807, 2.05) is 31.2 Å². The number of para-hydroxylation sites is 1. The third-order valence-electron chi connectivity index (χ3n) is 3.79. The Morgan fingerprint density at radius 2 is 2.19 bits per heavy atom. The fourth-order valence-corrected chi connectivity index (χ4v) is 2.24. The van der Waals surface area contributed by atoms with E-state index in [0.29, 0.717) is 25.7 Å². The smallest absolute Gasteiger partial charge is 0.317 e. The molecule has 0 atom stereocenters. The normalized spacial score (nSPS) is 14.4. The van der Waals surface area contributed by atoms with Crippen LogP contribution in [0.3, 0.4) is 0 Å². The minimum Gasteiger partial charge on any atom is -0.490 e. The minimum atomic E-state index is -0.162. The summed E-state index contributed by atoms with van der Waals surface area (Å²) in [5, 5.41) is 11.8. The zero-order chi connectivity index (χ0) is 15.1. The van der Waals surface area contributed by atoms with Gasteiger partial charge in [-0.15, -0.1) is 0 Å². The van der Waals surface area contributed by atoms with Crippen LogP contribution in [0.4, 0.5) is 4.79 Å². The molecule has 21 heavy (non-hydrogen) atoms. The molecule has 116 valence electrons. The average molecular weight is 292 g/mol. The molecule has 1 aliphatic carbocycles. The molecule has 2 rings (SSSR count). The van der Waals surface area contributed by atoms with Crippen LogP contribution in [0.1, 0.15) is 31.7 Å². The van der Waals surface area contributed by atoms with Crippen molar-refractivity contribution in [3.05, 3.63) is 29.8 Å². The molecule has 0 unspecified atom stereocenters. The van der Waals surface area contributed by atoms with E-state index >= 15 is 0 Å². The van der Waals surface area contributed by atoms with Crippen molar-refractivity contribution in [3.8, 4) is 5.75 Å². The number of carbonyl (C=O) groups is 1. The van der Waals surface area contributed by atoms with Gasteiger partial charge in [0.05, 0.1) is 12.7 Å². The molecule has 1 fully saturated rings. The largest absolute Gasteiger partial charge is 0.490 e. The number of carbonyl (C=O) groups excluding carboxylic acids is 1. The van der Waals surface area contributed by atoms with Crippen molar-refractivity contribution in [2.24, 2.45) is 0 Å². The number of aliphatic hydroxyl groups is 1. The van der Waals surface area contributed by atoms with Crippen LogP contribution < -0.4 is 10.1 Å². The quantitative estimate of drug-likeness (QED) is 0.809. The van der Waals surface area contributed by atoms with E-state index in [1.165, 1.54) is 6.42 Å². The van der Waals surface area contributed by atoms with Crippen molar-refractivity contribution >= 4 is 6.03 Å². The van der Waals surface area contributed by atoms with Crippen LogP contribution in [0.5, 0.6) is 5.75 Å². The first-order valence-corrected chi connectivity index (χ1v) is 7.62. The van der Waals surface area contributed by atoms with Gasteiger partial charge in [-0.1, -0.05) is 18.2 Å². The van der Waals surface area contributed by atoms with E-state index in [-0.39, 0.29) is 12.6 Å². The topological polar surface area (TPSA) is 61.8 Å². The molecule has 1 aromatic rings. The maximum absolute atomic E-state index is 12.0. The first-order valence-electron chi connectivity index (χ1n) is 7.62. The summed E-state index contributed by atoms with van der Waals surface area (Å²) >= 11 is 0. The number of ether oxygens (including phenoxy) is 1. The summed E-state index contributed by atoms with van der Waals surface area (Å²) in [6, 6.07) is 7.65. The molecule has 0 aliphatic heterocycles. The molecule has 0 bridgehead atoms. The zero-order valence-electron chi connectivity index (χ0n) is 12.5. The molecule has 1 saturated carbocycles. The highest BCUT2D eigenvalue weighted by Gasteiger charge is 2.20. The van der Waals surface area contributed by atoms with Crippen LogP contribution in [0.15, 0.2) is 24.3 Å². The molecule has 1 aromatic carbocycles. The van der Waals surface area contributed by atoms with E-state index in [9.17, 15) is 4.79 Å². The molecule has 0 spiro atoms. The molecule has 5 heteroatoms. The van der Waals surface area contributed by atoms with Gasteiger partial charge in [0.25, 0.3) is 0 Å². The molecule has 2 N–H and O–H groups in total. The fourth-order valence-electron chi connectivity index (χ4n) is 2.24. The Balaban J connectivity index is 1.91. The third kappa shape index (κ3) is 4.36. The first kappa shape index (κ1) is 15.6. The summed E-state index contributed by atoms with van der Waals surface area (Å²) in [6.07, 6.45) is 3.78. The summed E-state index contributed by atoms with van der Waals surface area (Å²) in [4.78, 5) is 13.6. The lowest BCUT2D eigenvalue weighted by Gasteiger charge is -2.27. The maximum Gasteiger partial charge on any atom is 0.317 e. The second kappa shape index (κ2) is 7.88. The number of likely N-dealkylation sites (N-methyl/N-ethyl adjacent to an activating group) is 1. The molecule has 0 saturated heterocycles. The van der Waals surface area contributed by atoms with Gasteiger partial charge < -0.3 is 20.1 Å². The van der Waals surface area contributed by atoms with Gasteiger partial charge >= 0.3 is 6.03 Å².